The van der Waals surface area contributed by atoms with Gasteiger partial charge in [-0.05, 0) is 55.8 Å². The minimum atomic E-state index is -1.25. The first kappa shape index (κ1) is 16.2. The SMILES string of the molecule is CC(C)(Oc1ccc(CNc2ccc(Cl)cc2)cc1)C(=O)O. The summed E-state index contributed by atoms with van der Waals surface area (Å²) in [7, 11) is 0. The molecule has 0 amide bonds. The van der Waals surface area contributed by atoms with Crippen LogP contribution in [0.3, 0.4) is 0 Å². The molecular weight excluding hydrogens is 302 g/mol. The smallest absolute Gasteiger partial charge is 0.347 e. The van der Waals surface area contributed by atoms with Crippen LogP contribution in [0.5, 0.6) is 5.75 Å². The van der Waals surface area contributed by atoms with E-state index in [2.05, 4.69) is 5.32 Å². The summed E-state index contributed by atoms with van der Waals surface area (Å²) in [5.74, 6) is -0.469. The van der Waals surface area contributed by atoms with Gasteiger partial charge in [-0.1, -0.05) is 23.7 Å². The first-order valence-electron chi connectivity index (χ1n) is 6.87. The molecule has 0 aliphatic carbocycles. The molecule has 116 valence electrons. The highest BCUT2D eigenvalue weighted by atomic mass is 35.5. The zero-order chi connectivity index (χ0) is 16.2. The molecule has 2 aromatic carbocycles. The molecule has 2 N–H and O–H groups in total. The van der Waals surface area contributed by atoms with Gasteiger partial charge in [0.2, 0.25) is 0 Å². The van der Waals surface area contributed by atoms with E-state index in [1.165, 1.54) is 13.8 Å². The maximum atomic E-state index is 11.0. The van der Waals surface area contributed by atoms with Crippen molar-refractivity contribution < 1.29 is 14.6 Å². The molecule has 4 nitrogen and oxygen atoms in total. The fourth-order valence-corrected chi connectivity index (χ4v) is 1.91. The highest BCUT2D eigenvalue weighted by Gasteiger charge is 2.29. The molecule has 0 heterocycles. The average Bonchev–Trinajstić information content (AvgIpc) is 2.48. The normalized spacial score (nSPS) is 11.0. The van der Waals surface area contributed by atoms with Crippen molar-refractivity contribution in [3.8, 4) is 5.75 Å². The van der Waals surface area contributed by atoms with Crippen molar-refractivity contribution in [2.75, 3.05) is 5.32 Å². The van der Waals surface area contributed by atoms with E-state index in [1.54, 1.807) is 12.1 Å². The van der Waals surface area contributed by atoms with Gasteiger partial charge in [-0.2, -0.15) is 0 Å². The summed E-state index contributed by atoms with van der Waals surface area (Å²) in [5.41, 5.74) is 0.801. The first-order valence-corrected chi connectivity index (χ1v) is 7.25. The molecule has 0 aliphatic heterocycles. The molecule has 0 spiro atoms. The number of hydrogen-bond donors (Lipinski definition) is 2. The molecule has 5 heteroatoms. The van der Waals surface area contributed by atoms with Crippen LogP contribution in [0.2, 0.25) is 5.02 Å². The van der Waals surface area contributed by atoms with Crippen molar-refractivity contribution in [1.82, 2.24) is 0 Å². The molecule has 0 unspecified atom stereocenters. The molecular formula is C17H18ClNO3. The summed E-state index contributed by atoms with van der Waals surface area (Å²) >= 11 is 5.84. The van der Waals surface area contributed by atoms with E-state index in [4.69, 9.17) is 21.4 Å². The number of hydrogen-bond acceptors (Lipinski definition) is 3. The second kappa shape index (κ2) is 6.71. The Labute approximate surface area is 134 Å². The van der Waals surface area contributed by atoms with Gasteiger partial charge in [0.1, 0.15) is 5.75 Å². The first-order chi connectivity index (χ1) is 10.4. The molecule has 2 rings (SSSR count). The summed E-state index contributed by atoms with van der Waals surface area (Å²) < 4.78 is 5.46. The second-order valence-electron chi connectivity index (χ2n) is 5.42. The number of anilines is 1. The molecule has 0 saturated heterocycles. The highest BCUT2D eigenvalue weighted by Crippen LogP contribution is 2.20. The number of ether oxygens (including phenoxy) is 1. The lowest BCUT2D eigenvalue weighted by Crippen LogP contribution is -2.37. The van der Waals surface area contributed by atoms with Crippen LogP contribution in [0.25, 0.3) is 0 Å². The third kappa shape index (κ3) is 4.40. The van der Waals surface area contributed by atoms with Crippen molar-refractivity contribution in [2.24, 2.45) is 0 Å². The Balaban J connectivity index is 1.94. The lowest BCUT2D eigenvalue weighted by atomic mass is 10.1. The molecule has 0 saturated carbocycles. The van der Waals surface area contributed by atoms with E-state index in [0.29, 0.717) is 17.3 Å². The summed E-state index contributed by atoms with van der Waals surface area (Å²) in [6, 6.07) is 14.8. The maximum absolute atomic E-state index is 11.0. The number of nitrogens with one attached hydrogen (secondary N) is 1. The van der Waals surface area contributed by atoms with Gasteiger partial charge in [0, 0.05) is 17.3 Å². The van der Waals surface area contributed by atoms with Gasteiger partial charge in [0.05, 0.1) is 0 Å². The van der Waals surface area contributed by atoms with Crippen molar-refractivity contribution in [3.05, 3.63) is 59.1 Å². The zero-order valence-corrected chi connectivity index (χ0v) is 13.2. The number of halogens is 1. The monoisotopic (exact) mass is 319 g/mol. The van der Waals surface area contributed by atoms with Gasteiger partial charge >= 0.3 is 5.97 Å². The van der Waals surface area contributed by atoms with Crippen molar-refractivity contribution in [2.45, 2.75) is 26.0 Å². The van der Waals surface area contributed by atoms with Gasteiger partial charge in [-0.15, -0.1) is 0 Å². The fourth-order valence-electron chi connectivity index (χ4n) is 1.79. The minimum absolute atomic E-state index is 0.530. The predicted octanol–water partition coefficient (Wildman–Crippen LogP) is 4.19. The molecule has 0 bridgehead atoms. The van der Waals surface area contributed by atoms with Gasteiger partial charge in [-0.25, -0.2) is 4.79 Å². The third-order valence-corrected chi connectivity index (χ3v) is 3.40. The topological polar surface area (TPSA) is 58.6 Å². The largest absolute Gasteiger partial charge is 0.478 e. The fraction of sp³-hybridized carbons (Fsp3) is 0.235. The Morgan fingerprint density at radius 1 is 1.14 bits per heavy atom. The minimum Gasteiger partial charge on any atom is -0.478 e. The number of rotatable bonds is 6. The predicted molar refractivity (Wildman–Crippen MR) is 87.6 cm³/mol. The van der Waals surface area contributed by atoms with E-state index in [-0.39, 0.29) is 0 Å². The van der Waals surface area contributed by atoms with Crippen molar-refractivity contribution >= 4 is 23.3 Å². The number of carboxylic acid groups (broad SMARTS) is 1. The van der Waals surface area contributed by atoms with Crippen LogP contribution in [0.4, 0.5) is 5.69 Å². The summed E-state index contributed by atoms with van der Waals surface area (Å²) in [4.78, 5) is 11.0. The number of aliphatic carboxylic acids is 1. The van der Waals surface area contributed by atoms with E-state index in [9.17, 15) is 4.79 Å². The van der Waals surface area contributed by atoms with Crippen molar-refractivity contribution in [3.63, 3.8) is 0 Å². The van der Waals surface area contributed by atoms with E-state index in [1.807, 2.05) is 36.4 Å². The molecule has 0 aliphatic rings. The van der Waals surface area contributed by atoms with Gasteiger partial charge in [0.25, 0.3) is 0 Å². The van der Waals surface area contributed by atoms with Gasteiger partial charge in [-0.3, -0.25) is 0 Å². The summed E-state index contributed by atoms with van der Waals surface area (Å²) in [5, 5.41) is 13.0. The highest BCUT2D eigenvalue weighted by molar-refractivity contribution is 6.30. The Morgan fingerprint density at radius 3 is 2.27 bits per heavy atom. The van der Waals surface area contributed by atoms with Crippen molar-refractivity contribution in [1.29, 1.82) is 0 Å². The Morgan fingerprint density at radius 2 is 1.73 bits per heavy atom. The second-order valence-corrected chi connectivity index (χ2v) is 5.86. The van der Waals surface area contributed by atoms with Crippen LogP contribution < -0.4 is 10.1 Å². The van der Waals surface area contributed by atoms with Crippen LogP contribution in [-0.4, -0.2) is 16.7 Å². The standard InChI is InChI=1S/C17H18ClNO3/c1-17(2,16(20)21)22-15-9-3-12(4-10-15)11-19-14-7-5-13(18)6-8-14/h3-10,19H,11H2,1-2H3,(H,20,21). The summed E-state index contributed by atoms with van der Waals surface area (Å²) in [6.07, 6.45) is 0. The zero-order valence-electron chi connectivity index (χ0n) is 12.5. The lowest BCUT2D eigenvalue weighted by molar-refractivity contribution is -0.152. The average molecular weight is 320 g/mol. The van der Waals surface area contributed by atoms with Crippen LogP contribution in [-0.2, 0) is 11.3 Å². The molecule has 0 atom stereocenters. The number of carboxylic acids is 1. The van der Waals surface area contributed by atoms with Gasteiger partial charge in [0.15, 0.2) is 5.60 Å². The number of benzene rings is 2. The van der Waals surface area contributed by atoms with Crippen LogP contribution in [0, 0.1) is 0 Å². The lowest BCUT2D eigenvalue weighted by Gasteiger charge is -2.21. The number of carbonyl (C=O) groups is 1. The quantitative estimate of drug-likeness (QED) is 0.838. The summed E-state index contributed by atoms with van der Waals surface area (Å²) in [6.45, 7) is 3.70. The Bertz CT molecular complexity index is 636. The molecule has 0 radical (unpaired) electrons. The molecule has 2 aromatic rings. The van der Waals surface area contributed by atoms with Crippen LogP contribution in [0.15, 0.2) is 48.5 Å². The van der Waals surface area contributed by atoms with E-state index in [0.717, 1.165) is 11.3 Å². The Kier molecular flexibility index (Phi) is 4.93. The Hall–Kier alpha value is -2.20. The molecule has 0 fully saturated rings. The van der Waals surface area contributed by atoms with E-state index < -0.39 is 11.6 Å². The maximum Gasteiger partial charge on any atom is 0.347 e. The molecule has 0 aromatic heterocycles. The molecule has 22 heavy (non-hydrogen) atoms. The van der Waals surface area contributed by atoms with Gasteiger partial charge < -0.3 is 15.2 Å². The third-order valence-electron chi connectivity index (χ3n) is 3.15. The van der Waals surface area contributed by atoms with E-state index >= 15 is 0 Å². The van der Waals surface area contributed by atoms with Crippen LogP contribution in [0.1, 0.15) is 19.4 Å². The van der Waals surface area contributed by atoms with Crippen LogP contribution >= 0.6 is 11.6 Å².